The van der Waals surface area contributed by atoms with Crippen molar-refractivity contribution >= 4 is 15.9 Å². The molecule has 0 radical (unpaired) electrons. The van der Waals surface area contributed by atoms with E-state index in [1.165, 1.54) is 48.8 Å². The van der Waals surface area contributed by atoms with Crippen LogP contribution in [0.5, 0.6) is 0 Å². The van der Waals surface area contributed by atoms with Crippen molar-refractivity contribution in [2.45, 2.75) is 52.1 Å². The molecular formula is C19H25BrO. The maximum Gasteiger partial charge on any atom is 0.0826 e. The summed E-state index contributed by atoms with van der Waals surface area (Å²) in [4.78, 5) is 0. The van der Waals surface area contributed by atoms with Gasteiger partial charge in [0.15, 0.2) is 0 Å². The number of rotatable bonds is 2. The van der Waals surface area contributed by atoms with Crippen LogP contribution in [0.3, 0.4) is 0 Å². The average molecular weight is 349 g/mol. The van der Waals surface area contributed by atoms with Crippen molar-refractivity contribution in [3.63, 3.8) is 0 Å². The van der Waals surface area contributed by atoms with E-state index >= 15 is 0 Å². The van der Waals surface area contributed by atoms with Crippen LogP contribution in [0.2, 0.25) is 0 Å². The molecule has 0 spiro atoms. The molecule has 2 heteroatoms. The molecule has 4 fully saturated rings. The van der Waals surface area contributed by atoms with Gasteiger partial charge in [-0.1, -0.05) is 22.0 Å². The molecule has 1 N–H and O–H groups in total. The number of aliphatic hydroxyl groups is 1. The molecule has 0 aromatic heterocycles. The van der Waals surface area contributed by atoms with Crippen LogP contribution in [-0.2, 0) is 0 Å². The maximum atomic E-state index is 11.1. The van der Waals surface area contributed by atoms with Gasteiger partial charge in [0.1, 0.15) is 0 Å². The molecule has 0 amide bonds. The lowest BCUT2D eigenvalue weighted by Gasteiger charge is -2.55. The van der Waals surface area contributed by atoms with Crippen molar-refractivity contribution in [1.29, 1.82) is 0 Å². The van der Waals surface area contributed by atoms with Gasteiger partial charge in [0.25, 0.3) is 0 Å². The van der Waals surface area contributed by atoms with E-state index in [-0.39, 0.29) is 6.10 Å². The van der Waals surface area contributed by atoms with E-state index in [9.17, 15) is 5.11 Å². The third kappa shape index (κ3) is 2.30. The van der Waals surface area contributed by atoms with Gasteiger partial charge in [0.05, 0.1) is 6.10 Å². The Labute approximate surface area is 136 Å². The fourth-order valence-corrected chi connectivity index (χ4v) is 6.27. The molecular weight excluding hydrogens is 324 g/mol. The monoisotopic (exact) mass is 348 g/mol. The van der Waals surface area contributed by atoms with Gasteiger partial charge < -0.3 is 5.11 Å². The Morgan fingerprint density at radius 3 is 2.10 bits per heavy atom. The molecule has 0 aliphatic heterocycles. The number of hydrogen-bond acceptors (Lipinski definition) is 1. The quantitative estimate of drug-likeness (QED) is 0.781. The predicted octanol–water partition coefficient (Wildman–Crippen LogP) is 5.17. The van der Waals surface area contributed by atoms with Crippen LogP contribution in [0, 0.1) is 43.4 Å². The van der Waals surface area contributed by atoms with Gasteiger partial charge in [-0.15, -0.1) is 0 Å². The maximum absolute atomic E-state index is 11.1. The van der Waals surface area contributed by atoms with E-state index in [0.717, 1.165) is 28.1 Å². The second kappa shape index (κ2) is 5.09. The van der Waals surface area contributed by atoms with Crippen LogP contribution in [0.15, 0.2) is 16.6 Å². The molecule has 21 heavy (non-hydrogen) atoms. The van der Waals surface area contributed by atoms with E-state index in [0.29, 0.717) is 5.92 Å². The Morgan fingerprint density at radius 1 is 0.952 bits per heavy atom. The van der Waals surface area contributed by atoms with E-state index in [4.69, 9.17) is 0 Å². The van der Waals surface area contributed by atoms with Crippen LogP contribution in [0.4, 0.5) is 0 Å². The fraction of sp³-hybridized carbons (Fsp3) is 0.684. The Kier molecular flexibility index (Phi) is 3.46. The zero-order valence-corrected chi connectivity index (χ0v) is 14.6. The van der Waals surface area contributed by atoms with Crippen molar-refractivity contribution in [3.05, 3.63) is 33.3 Å². The molecule has 4 saturated carbocycles. The van der Waals surface area contributed by atoms with E-state index in [1.54, 1.807) is 0 Å². The number of halogens is 1. The van der Waals surface area contributed by atoms with Crippen LogP contribution in [0.1, 0.15) is 54.9 Å². The second-order valence-corrected chi connectivity index (χ2v) is 8.77. The topological polar surface area (TPSA) is 20.2 Å². The third-order valence-corrected chi connectivity index (χ3v) is 7.38. The first-order chi connectivity index (χ1) is 10.0. The van der Waals surface area contributed by atoms with Gasteiger partial charge in [-0.25, -0.2) is 0 Å². The van der Waals surface area contributed by atoms with Gasteiger partial charge in [0, 0.05) is 4.47 Å². The molecule has 1 nitrogen and oxygen atoms in total. The molecule has 114 valence electrons. The molecule has 1 atom stereocenters. The summed E-state index contributed by atoms with van der Waals surface area (Å²) in [5, 5.41) is 11.1. The van der Waals surface area contributed by atoms with Crippen molar-refractivity contribution in [2.75, 3.05) is 0 Å². The first-order valence-corrected chi connectivity index (χ1v) is 9.27. The average Bonchev–Trinajstić information content (AvgIpc) is 2.41. The minimum absolute atomic E-state index is 0.258. The summed E-state index contributed by atoms with van der Waals surface area (Å²) in [6.45, 7) is 4.26. The van der Waals surface area contributed by atoms with Crippen molar-refractivity contribution in [1.82, 2.24) is 0 Å². The van der Waals surface area contributed by atoms with Crippen molar-refractivity contribution < 1.29 is 5.11 Å². The van der Waals surface area contributed by atoms with Gasteiger partial charge in [-0.3, -0.25) is 0 Å². The molecule has 4 aliphatic rings. The normalized spacial score (nSPS) is 38.8. The number of aliphatic hydroxyl groups excluding tert-OH is 1. The Balaban J connectivity index is 1.66. The highest BCUT2D eigenvalue weighted by Crippen LogP contribution is 2.59. The second-order valence-electron chi connectivity index (χ2n) is 7.91. The lowest BCUT2D eigenvalue weighted by atomic mass is 9.50. The number of benzene rings is 1. The molecule has 5 rings (SSSR count). The smallest absolute Gasteiger partial charge is 0.0826 e. The van der Waals surface area contributed by atoms with Crippen molar-refractivity contribution in [2.24, 2.45) is 29.6 Å². The number of aryl methyl sites for hydroxylation is 2. The molecule has 4 aliphatic carbocycles. The minimum Gasteiger partial charge on any atom is -0.388 e. The van der Waals surface area contributed by atoms with Crippen molar-refractivity contribution in [3.8, 4) is 0 Å². The predicted molar refractivity (Wildman–Crippen MR) is 89.1 cm³/mol. The molecule has 1 unspecified atom stereocenters. The Bertz CT molecular complexity index is 537. The van der Waals surface area contributed by atoms with Crippen LogP contribution < -0.4 is 0 Å². The Hall–Kier alpha value is -0.340. The number of hydrogen-bond donors (Lipinski definition) is 1. The highest BCUT2D eigenvalue weighted by Gasteiger charge is 2.50. The highest BCUT2D eigenvalue weighted by atomic mass is 79.9. The first kappa shape index (κ1) is 14.3. The summed E-state index contributed by atoms with van der Waals surface area (Å²) in [5.41, 5.74) is 3.64. The molecule has 1 aromatic carbocycles. The standard InChI is InChI=1S/C19H25BrO/c1-10-4-17(20)11(2)3-16(10)19(21)18-14-6-12-5-13(8-14)9-15(18)7-12/h3-4,12-15,18-19,21H,5-9H2,1-2H3. The zero-order valence-electron chi connectivity index (χ0n) is 13.0. The lowest BCUT2D eigenvalue weighted by molar-refractivity contribution is -0.0909. The SMILES string of the molecule is Cc1cc(C(O)C2C3CC4CC(C3)CC2C4)c(C)cc1Br. The zero-order chi connectivity index (χ0) is 14.7. The molecule has 1 aromatic rings. The largest absolute Gasteiger partial charge is 0.388 e. The molecule has 4 bridgehead atoms. The van der Waals surface area contributed by atoms with Gasteiger partial charge in [0.2, 0.25) is 0 Å². The lowest BCUT2D eigenvalue weighted by Crippen LogP contribution is -2.47. The van der Waals surface area contributed by atoms with Crippen LogP contribution in [-0.4, -0.2) is 5.11 Å². The summed E-state index contributed by atoms with van der Waals surface area (Å²) < 4.78 is 1.15. The molecule has 0 saturated heterocycles. The Morgan fingerprint density at radius 2 is 1.52 bits per heavy atom. The van der Waals surface area contributed by atoms with E-state index < -0.39 is 0 Å². The van der Waals surface area contributed by atoms with E-state index in [1.807, 2.05) is 0 Å². The summed E-state index contributed by atoms with van der Waals surface area (Å²) in [5.74, 6) is 4.02. The minimum atomic E-state index is -0.258. The third-order valence-electron chi connectivity index (χ3n) is 6.53. The summed E-state index contributed by atoms with van der Waals surface area (Å²) >= 11 is 3.61. The van der Waals surface area contributed by atoms with Gasteiger partial charge >= 0.3 is 0 Å². The summed E-state index contributed by atoms with van der Waals surface area (Å²) in [7, 11) is 0. The summed E-state index contributed by atoms with van der Waals surface area (Å²) in [6.07, 6.45) is 6.73. The van der Waals surface area contributed by atoms with E-state index in [2.05, 4.69) is 41.9 Å². The van der Waals surface area contributed by atoms with Gasteiger partial charge in [-0.05, 0) is 98.3 Å². The highest BCUT2D eigenvalue weighted by molar-refractivity contribution is 9.10. The first-order valence-electron chi connectivity index (χ1n) is 8.47. The van der Waals surface area contributed by atoms with Crippen LogP contribution >= 0.6 is 15.9 Å². The van der Waals surface area contributed by atoms with Gasteiger partial charge in [-0.2, -0.15) is 0 Å². The van der Waals surface area contributed by atoms with Crippen LogP contribution in [0.25, 0.3) is 0 Å². The molecule has 0 heterocycles. The summed E-state index contributed by atoms with van der Waals surface area (Å²) in [6, 6.07) is 4.37. The fourth-order valence-electron chi connectivity index (χ4n) is 5.81.